The van der Waals surface area contributed by atoms with Crippen LogP contribution >= 0.6 is 0 Å². The average molecular weight is 192 g/mol. The molecule has 0 saturated carbocycles. The van der Waals surface area contributed by atoms with Gasteiger partial charge in [0.15, 0.2) is 0 Å². The molecule has 1 N–H and O–H groups in total. The number of piperidine rings is 1. The molecule has 3 aliphatic rings. The molecule has 4 atom stereocenters. The fourth-order valence-corrected chi connectivity index (χ4v) is 4.05. The molecule has 3 rings (SSSR count). The van der Waals surface area contributed by atoms with E-state index < -0.39 is 0 Å². The Morgan fingerprint density at radius 3 is 2.93 bits per heavy atom. The standard InChI is InChI=1S/C12H20N2/c1-11(2)7-12(3)8-4-5-13-9(8)6-10(11)14-12/h5,8-10,14H,4,6-7H2,1-3H3/t8-,9-,10?,12-/m0/s1. The summed E-state index contributed by atoms with van der Waals surface area (Å²) in [6, 6.07) is 1.30. The summed E-state index contributed by atoms with van der Waals surface area (Å²) in [7, 11) is 0. The Balaban J connectivity index is 1.98. The predicted molar refractivity (Wildman–Crippen MR) is 58.7 cm³/mol. The molecule has 0 spiro atoms. The van der Waals surface area contributed by atoms with Crippen LogP contribution in [-0.4, -0.2) is 23.8 Å². The van der Waals surface area contributed by atoms with Gasteiger partial charge in [0.1, 0.15) is 0 Å². The maximum Gasteiger partial charge on any atom is 0.0559 e. The van der Waals surface area contributed by atoms with Crippen molar-refractivity contribution in [1.29, 1.82) is 0 Å². The number of hydrogen-bond acceptors (Lipinski definition) is 2. The zero-order chi connectivity index (χ0) is 9.97. The van der Waals surface area contributed by atoms with Crippen molar-refractivity contribution in [2.75, 3.05) is 0 Å². The Morgan fingerprint density at radius 1 is 1.36 bits per heavy atom. The van der Waals surface area contributed by atoms with Crippen LogP contribution in [0.25, 0.3) is 0 Å². The van der Waals surface area contributed by atoms with E-state index in [9.17, 15) is 0 Å². The van der Waals surface area contributed by atoms with Gasteiger partial charge >= 0.3 is 0 Å². The SMILES string of the molecule is CC1(C)C[C@]2(C)NC1C[C@@H]1N=CC[C@@H]12. The molecule has 2 nitrogen and oxygen atoms in total. The Bertz CT molecular complexity index is 295. The summed E-state index contributed by atoms with van der Waals surface area (Å²) in [5.74, 6) is 0.764. The molecule has 0 radical (unpaired) electrons. The molecule has 2 heteroatoms. The van der Waals surface area contributed by atoms with E-state index in [0.717, 1.165) is 5.92 Å². The summed E-state index contributed by atoms with van der Waals surface area (Å²) in [4.78, 5) is 4.64. The van der Waals surface area contributed by atoms with Crippen LogP contribution in [0.5, 0.6) is 0 Å². The van der Waals surface area contributed by atoms with E-state index in [-0.39, 0.29) is 0 Å². The molecule has 0 aliphatic carbocycles. The predicted octanol–water partition coefficient (Wildman–Crippen LogP) is 2.00. The molecule has 3 aliphatic heterocycles. The molecule has 0 aromatic heterocycles. The first-order chi connectivity index (χ1) is 6.51. The number of rotatable bonds is 0. The van der Waals surface area contributed by atoms with Gasteiger partial charge in [0.25, 0.3) is 0 Å². The largest absolute Gasteiger partial charge is 0.308 e. The van der Waals surface area contributed by atoms with Gasteiger partial charge in [0.2, 0.25) is 0 Å². The van der Waals surface area contributed by atoms with Gasteiger partial charge in [-0.05, 0) is 37.8 Å². The fraction of sp³-hybridized carbons (Fsp3) is 0.917. The van der Waals surface area contributed by atoms with Gasteiger partial charge in [-0.3, -0.25) is 4.99 Å². The van der Waals surface area contributed by atoms with E-state index in [1.54, 1.807) is 0 Å². The summed E-state index contributed by atoms with van der Waals surface area (Å²) in [6.45, 7) is 7.21. The zero-order valence-corrected chi connectivity index (χ0v) is 9.38. The normalized spacial score (nSPS) is 53.5. The minimum absolute atomic E-state index is 0.355. The lowest BCUT2D eigenvalue weighted by Crippen LogP contribution is -2.55. The van der Waals surface area contributed by atoms with Crippen LogP contribution in [0.15, 0.2) is 4.99 Å². The lowest BCUT2D eigenvalue weighted by atomic mass is 9.76. The smallest absolute Gasteiger partial charge is 0.0559 e. The molecule has 2 saturated heterocycles. The van der Waals surface area contributed by atoms with E-state index >= 15 is 0 Å². The second kappa shape index (κ2) is 2.41. The van der Waals surface area contributed by atoms with E-state index in [1.165, 1.54) is 19.3 Å². The van der Waals surface area contributed by atoms with Crippen LogP contribution in [0, 0.1) is 11.3 Å². The third-order valence-electron chi connectivity index (χ3n) is 4.69. The first kappa shape index (κ1) is 8.90. The summed E-state index contributed by atoms with van der Waals surface area (Å²) < 4.78 is 0. The quantitative estimate of drug-likeness (QED) is 0.623. The Hall–Kier alpha value is -0.370. The number of nitrogens with zero attached hydrogens (tertiary/aromatic N) is 1. The monoisotopic (exact) mass is 192 g/mol. The minimum atomic E-state index is 0.355. The number of aliphatic imine (C=N–C) groups is 1. The molecule has 2 bridgehead atoms. The van der Waals surface area contributed by atoms with E-state index in [1.807, 2.05) is 0 Å². The third-order valence-corrected chi connectivity index (χ3v) is 4.69. The Morgan fingerprint density at radius 2 is 2.14 bits per heavy atom. The van der Waals surface area contributed by atoms with E-state index in [2.05, 4.69) is 37.3 Å². The molecule has 0 aromatic rings. The first-order valence-corrected chi connectivity index (χ1v) is 5.81. The number of hydrogen-bond donors (Lipinski definition) is 1. The molecule has 0 amide bonds. The highest BCUT2D eigenvalue weighted by Crippen LogP contribution is 2.51. The van der Waals surface area contributed by atoms with Crippen molar-refractivity contribution in [2.45, 2.75) is 57.7 Å². The zero-order valence-electron chi connectivity index (χ0n) is 9.38. The van der Waals surface area contributed by atoms with Gasteiger partial charge < -0.3 is 5.32 Å². The van der Waals surface area contributed by atoms with E-state index in [0.29, 0.717) is 23.0 Å². The maximum absolute atomic E-state index is 4.64. The van der Waals surface area contributed by atoms with Gasteiger partial charge in [-0.2, -0.15) is 0 Å². The second-order valence-electron chi connectivity index (χ2n) is 6.26. The van der Waals surface area contributed by atoms with Crippen LogP contribution in [0.4, 0.5) is 0 Å². The van der Waals surface area contributed by atoms with Crippen molar-refractivity contribution in [2.24, 2.45) is 16.3 Å². The summed E-state index contributed by atoms with van der Waals surface area (Å²) in [5.41, 5.74) is 0.822. The molecular weight excluding hydrogens is 172 g/mol. The highest BCUT2D eigenvalue weighted by atomic mass is 15.1. The summed E-state index contributed by atoms with van der Waals surface area (Å²) >= 11 is 0. The van der Waals surface area contributed by atoms with Crippen LogP contribution in [0.1, 0.15) is 40.0 Å². The molecule has 2 fully saturated rings. The highest BCUT2D eigenvalue weighted by Gasteiger charge is 2.57. The molecule has 3 heterocycles. The first-order valence-electron chi connectivity index (χ1n) is 5.81. The average Bonchev–Trinajstić information content (AvgIpc) is 2.56. The van der Waals surface area contributed by atoms with Crippen molar-refractivity contribution in [1.82, 2.24) is 5.32 Å². The fourth-order valence-electron chi connectivity index (χ4n) is 4.05. The maximum atomic E-state index is 4.64. The third kappa shape index (κ3) is 0.979. The lowest BCUT2D eigenvalue weighted by molar-refractivity contribution is 0.182. The van der Waals surface area contributed by atoms with Crippen LogP contribution < -0.4 is 5.32 Å². The van der Waals surface area contributed by atoms with Crippen LogP contribution in [-0.2, 0) is 0 Å². The molecule has 78 valence electrons. The molecule has 1 unspecified atom stereocenters. The molecule has 14 heavy (non-hydrogen) atoms. The summed E-state index contributed by atoms with van der Waals surface area (Å²) in [5, 5.41) is 3.85. The number of nitrogens with one attached hydrogen (secondary N) is 1. The van der Waals surface area contributed by atoms with Gasteiger partial charge in [-0.25, -0.2) is 0 Å². The number of fused-ring (bicyclic) bond motifs is 4. The van der Waals surface area contributed by atoms with Gasteiger partial charge in [0.05, 0.1) is 6.04 Å². The lowest BCUT2D eigenvalue weighted by Gasteiger charge is -2.40. The molecule has 0 aromatic carbocycles. The van der Waals surface area contributed by atoms with Crippen molar-refractivity contribution < 1.29 is 0 Å². The molecular formula is C12H20N2. The van der Waals surface area contributed by atoms with Gasteiger partial charge in [-0.1, -0.05) is 13.8 Å². The highest BCUT2D eigenvalue weighted by molar-refractivity contribution is 5.61. The minimum Gasteiger partial charge on any atom is -0.308 e. The van der Waals surface area contributed by atoms with Crippen molar-refractivity contribution in [3.8, 4) is 0 Å². The topological polar surface area (TPSA) is 24.4 Å². The Kier molecular flexibility index (Phi) is 1.53. The van der Waals surface area contributed by atoms with Crippen LogP contribution in [0.2, 0.25) is 0 Å². The van der Waals surface area contributed by atoms with Crippen LogP contribution in [0.3, 0.4) is 0 Å². The van der Waals surface area contributed by atoms with Gasteiger partial charge in [0, 0.05) is 17.5 Å². The van der Waals surface area contributed by atoms with Crippen molar-refractivity contribution in [3.63, 3.8) is 0 Å². The van der Waals surface area contributed by atoms with Crippen molar-refractivity contribution >= 4 is 6.21 Å². The van der Waals surface area contributed by atoms with E-state index in [4.69, 9.17) is 0 Å². The second-order valence-corrected chi connectivity index (χ2v) is 6.26. The van der Waals surface area contributed by atoms with Gasteiger partial charge in [-0.15, -0.1) is 0 Å². The Labute approximate surface area is 86.2 Å². The van der Waals surface area contributed by atoms with Crippen molar-refractivity contribution in [3.05, 3.63) is 0 Å². The summed E-state index contributed by atoms with van der Waals surface area (Å²) in [6.07, 6.45) is 5.91.